The number of rotatable bonds is 18. The fraction of sp³-hybridized carbons (Fsp3) is 0.432. The summed E-state index contributed by atoms with van der Waals surface area (Å²) in [6.45, 7) is 6.40. The number of non-ortho nitro benzene ring substituents is 1. The van der Waals surface area contributed by atoms with Gasteiger partial charge in [-0.3, -0.25) is 14.9 Å². The molecule has 0 aromatic heterocycles. The molecule has 300 valence electrons. The van der Waals surface area contributed by atoms with Crippen LogP contribution in [0.1, 0.15) is 79.3 Å². The highest BCUT2D eigenvalue weighted by Crippen LogP contribution is 2.62. The summed E-state index contributed by atoms with van der Waals surface area (Å²) in [5.41, 5.74) is 3.16. The fourth-order valence-corrected chi connectivity index (χ4v) is 8.76. The van der Waals surface area contributed by atoms with Crippen molar-refractivity contribution < 1.29 is 39.0 Å². The van der Waals surface area contributed by atoms with Gasteiger partial charge in [0.15, 0.2) is 0 Å². The summed E-state index contributed by atoms with van der Waals surface area (Å²) in [4.78, 5) is 32.9. The first-order chi connectivity index (χ1) is 27.7. The van der Waals surface area contributed by atoms with Gasteiger partial charge in [0.2, 0.25) is 5.79 Å². The first-order valence-corrected chi connectivity index (χ1v) is 19.6. The molecule has 6 rings (SSSR count). The second-order valence-corrected chi connectivity index (χ2v) is 14.7. The number of amides is 1. The molecule has 1 saturated carbocycles. The molecule has 1 aliphatic heterocycles. The minimum absolute atomic E-state index is 0.00182. The van der Waals surface area contributed by atoms with E-state index in [1.807, 2.05) is 19.1 Å². The number of nitro benzene ring substituents is 1. The molecule has 3 aromatic rings. The molecular weight excluding hydrogens is 729 g/mol. The fourth-order valence-electron chi connectivity index (χ4n) is 8.76. The van der Waals surface area contributed by atoms with Crippen LogP contribution in [0.3, 0.4) is 0 Å². The summed E-state index contributed by atoms with van der Waals surface area (Å²) in [6.07, 6.45) is 8.52. The minimum atomic E-state index is -1.44. The van der Waals surface area contributed by atoms with Crippen molar-refractivity contribution in [2.45, 2.75) is 69.6 Å². The monoisotopic (exact) mass is 778 g/mol. The number of nitro groups is 1. The van der Waals surface area contributed by atoms with Gasteiger partial charge in [0.25, 0.3) is 11.6 Å². The number of aliphatic hydroxyl groups excluding tert-OH is 2. The Morgan fingerprint density at radius 2 is 1.82 bits per heavy atom. The van der Waals surface area contributed by atoms with Gasteiger partial charge in [0.05, 0.1) is 40.9 Å². The Labute approximate surface area is 332 Å². The molecule has 0 spiro atoms. The largest absolute Gasteiger partial charge is 0.459 e. The summed E-state index contributed by atoms with van der Waals surface area (Å²) in [5.74, 6) is -1.17. The van der Waals surface area contributed by atoms with E-state index in [1.165, 1.54) is 12.1 Å². The Bertz CT molecular complexity index is 2030. The summed E-state index contributed by atoms with van der Waals surface area (Å²) in [7, 11) is 1.72. The van der Waals surface area contributed by atoms with Gasteiger partial charge in [-0.2, -0.15) is 5.26 Å². The van der Waals surface area contributed by atoms with E-state index in [0.29, 0.717) is 53.5 Å². The van der Waals surface area contributed by atoms with Gasteiger partial charge in [-0.15, -0.1) is 6.58 Å². The number of carbonyl (C=O) groups is 1. The predicted octanol–water partition coefficient (Wildman–Crippen LogP) is 7.68. The standard InChI is InChI=1S/C44H50N4O9/c1-4-23-54-44-40(47(3)43(51)30-17-15-29(28-45)16-18-30)27-38(46-55-5-2)36-24-31(11-6-8-21-49)35(14-7-9-22-50)41(42(36)44)37-26-34(19-20-39(37)57-44)56-33-13-10-12-32(25-33)48(52)53/h4,10,12-13,15-20,24-26,31,35,40-42,49-50H,1,5-9,11,14,21-23,27H2,2-3H3. The van der Waals surface area contributed by atoms with Crippen LogP contribution >= 0.6 is 0 Å². The SMILES string of the molecule is C=CCOC12Oc3ccc(Oc4cccc([N+](=O)[O-])c4)cc3C3C(CCCCO)C(CCCCO)C=C(C(=NOCC)CC1N(C)C(=O)c1ccc(C#N)cc1)C32. The van der Waals surface area contributed by atoms with Gasteiger partial charge in [0, 0.05) is 49.8 Å². The van der Waals surface area contributed by atoms with E-state index in [-0.39, 0.29) is 55.6 Å². The van der Waals surface area contributed by atoms with Crippen LogP contribution in [-0.2, 0) is 9.57 Å². The van der Waals surface area contributed by atoms with Crippen molar-refractivity contribution in [3.05, 3.63) is 118 Å². The van der Waals surface area contributed by atoms with E-state index in [0.717, 1.165) is 36.8 Å². The number of aliphatic hydroxyl groups is 2. The number of fused-ring (bicyclic) bond motifs is 2. The van der Waals surface area contributed by atoms with Crippen molar-refractivity contribution in [2.24, 2.45) is 22.9 Å². The molecule has 57 heavy (non-hydrogen) atoms. The zero-order valence-corrected chi connectivity index (χ0v) is 32.4. The van der Waals surface area contributed by atoms with E-state index in [4.69, 9.17) is 19.0 Å². The van der Waals surface area contributed by atoms with Crippen molar-refractivity contribution in [1.82, 2.24) is 4.90 Å². The molecule has 13 nitrogen and oxygen atoms in total. The van der Waals surface area contributed by atoms with Crippen molar-refractivity contribution in [2.75, 3.05) is 33.5 Å². The third-order valence-electron chi connectivity index (χ3n) is 11.3. The number of benzene rings is 3. The van der Waals surface area contributed by atoms with Gasteiger partial charge in [0.1, 0.15) is 29.9 Å². The van der Waals surface area contributed by atoms with E-state index in [9.17, 15) is 30.4 Å². The molecule has 2 N–H and O–H groups in total. The third-order valence-corrected chi connectivity index (χ3v) is 11.3. The molecule has 2 aliphatic carbocycles. The Hall–Kier alpha value is -5.55. The number of nitriles is 1. The Morgan fingerprint density at radius 1 is 1.09 bits per heavy atom. The number of unbranched alkanes of at least 4 members (excludes halogenated alkanes) is 2. The number of carbonyl (C=O) groups excluding carboxylic acids is 1. The number of nitrogens with zero attached hydrogens (tertiary/aromatic N) is 4. The minimum Gasteiger partial charge on any atom is -0.459 e. The molecule has 3 aromatic carbocycles. The molecule has 1 heterocycles. The second-order valence-electron chi connectivity index (χ2n) is 14.7. The molecule has 0 saturated heterocycles. The van der Waals surface area contributed by atoms with Crippen LogP contribution in [0.4, 0.5) is 5.69 Å². The summed E-state index contributed by atoms with van der Waals surface area (Å²) in [6, 6.07) is 19.4. The smallest absolute Gasteiger partial charge is 0.273 e. The lowest BCUT2D eigenvalue weighted by Crippen LogP contribution is -2.69. The van der Waals surface area contributed by atoms with Gasteiger partial charge >= 0.3 is 0 Å². The lowest BCUT2D eigenvalue weighted by atomic mass is 9.55. The van der Waals surface area contributed by atoms with Gasteiger partial charge in [-0.25, -0.2) is 0 Å². The number of ether oxygens (including phenoxy) is 3. The summed E-state index contributed by atoms with van der Waals surface area (Å²) < 4.78 is 20.4. The molecule has 1 fully saturated rings. The lowest BCUT2D eigenvalue weighted by Gasteiger charge is -2.59. The average molecular weight is 779 g/mol. The molecular formula is C44H50N4O9. The Kier molecular flexibility index (Phi) is 13.4. The summed E-state index contributed by atoms with van der Waals surface area (Å²) >= 11 is 0. The number of oxime groups is 1. The van der Waals surface area contributed by atoms with E-state index in [2.05, 4.69) is 23.9 Å². The quantitative estimate of drug-likeness (QED) is 0.0564. The van der Waals surface area contributed by atoms with E-state index in [1.54, 1.807) is 60.5 Å². The zero-order valence-electron chi connectivity index (χ0n) is 32.4. The molecule has 1 amide bonds. The molecule has 6 atom stereocenters. The third kappa shape index (κ3) is 8.59. The van der Waals surface area contributed by atoms with E-state index < -0.39 is 22.7 Å². The average Bonchev–Trinajstić information content (AvgIpc) is 3.23. The number of hydrogen-bond acceptors (Lipinski definition) is 11. The number of allylic oxidation sites excluding steroid dienone is 1. The van der Waals surface area contributed by atoms with Crippen molar-refractivity contribution in [1.29, 1.82) is 5.26 Å². The van der Waals surface area contributed by atoms with Crippen LogP contribution in [0.15, 0.2) is 96.2 Å². The Morgan fingerprint density at radius 3 is 2.51 bits per heavy atom. The van der Waals surface area contributed by atoms with Crippen molar-refractivity contribution in [3.8, 4) is 23.3 Å². The first-order valence-electron chi connectivity index (χ1n) is 19.6. The maximum Gasteiger partial charge on any atom is 0.273 e. The van der Waals surface area contributed by atoms with Crippen molar-refractivity contribution >= 4 is 17.3 Å². The highest BCUT2D eigenvalue weighted by Gasteiger charge is 2.65. The van der Waals surface area contributed by atoms with Gasteiger partial charge in [-0.1, -0.05) is 36.2 Å². The number of hydrogen-bond donors (Lipinski definition) is 2. The highest BCUT2D eigenvalue weighted by atomic mass is 16.7. The summed E-state index contributed by atoms with van der Waals surface area (Å²) in [5, 5.41) is 45.3. The van der Waals surface area contributed by atoms with Crippen LogP contribution < -0.4 is 9.47 Å². The topological polar surface area (TPSA) is 177 Å². The lowest BCUT2D eigenvalue weighted by molar-refractivity contribution is -0.384. The first kappa shape index (κ1) is 41.1. The second kappa shape index (κ2) is 18.6. The Balaban J connectivity index is 1.56. The number of likely N-dealkylation sites (N-methyl/N-ethyl adjacent to an activating group) is 1. The van der Waals surface area contributed by atoms with Crippen LogP contribution in [0.25, 0.3) is 0 Å². The van der Waals surface area contributed by atoms with Crippen LogP contribution in [0.2, 0.25) is 0 Å². The van der Waals surface area contributed by atoms with Crippen LogP contribution in [-0.4, -0.2) is 77.0 Å². The van der Waals surface area contributed by atoms with Crippen molar-refractivity contribution in [3.63, 3.8) is 0 Å². The zero-order chi connectivity index (χ0) is 40.5. The molecule has 3 aliphatic rings. The molecule has 13 heteroatoms. The normalized spacial score (nSPS) is 23.9. The van der Waals surface area contributed by atoms with Gasteiger partial charge in [-0.05, 0) is 98.5 Å². The van der Waals surface area contributed by atoms with Gasteiger partial charge < -0.3 is 34.2 Å². The van der Waals surface area contributed by atoms with Crippen LogP contribution in [0, 0.1) is 39.2 Å². The predicted molar refractivity (Wildman–Crippen MR) is 213 cm³/mol. The van der Waals surface area contributed by atoms with Crippen LogP contribution in [0.5, 0.6) is 17.2 Å². The van der Waals surface area contributed by atoms with E-state index >= 15 is 0 Å². The maximum atomic E-state index is 14.4. The molecule has 0 radical (unpaired) electrons. The maximum absolute atomic E-state index is 14.4. The highest BCUT2D eigenvalue weighted by molar-refractivity contribution is 6.03. The molecule has 6 unspecified atom stereocenters. The molecule has 0 bridgehead atoms.